The zero-order chi connectivity index (χ0) is 13.5. The molecule has 1 heterocycles. The van der Waals surface area contributed by atoms with E-state index in [2.05, 4.69) is 35.4 Å². The van der Waals surface area contributed by atoms with E-state index in [9.17, 15) is 0 Å². The van der Waals surface area contributed by atoms with E-state index in [4.69, 9.17) is 0 Å². The maximum atomic E-state index is 4.58. The van der Waals surface area contributed by atoms with Crippen molar-refractivity contribution < 1.29 is 0 Å². The smallest absolute Gasteiger partial charge is 0.144 e. The first-order valence-electron chi connectivity index (χ1n) is 6.48. The fraction of sp³-hybridized carbons (Fsp3) is 0.188. The van der Waals surface area contributed by atoms with Gasteiger partial charge in [0, 0.05) is 5.56 Å². The minimum Gasteiger partial charge on any atom is -0.303 e. The highest BCUT2D eigenvalue weighted by atomic mass is 15.5. The predicted octanol–water partition coefficient (Wildman–Crippen LogP) is 2.95. The van der Waals surface area contributed by atoms with Crippen LogP contribution in [0.3, 0.4) is 0 Å². The number of hydrazine groups is 1. The van der Waals surface area contributed by atoms with Gasteiger partial charge in [-0.2, -0.15) is 0 Å². The molecule has 0 aromatic heterocycles. The van der Waals surface area contributed by atoms with E-state index in [1.165, 1.54) is 0 Å². The maximum Gasteiger partial charge on any atom is 0.144 e. The van der Waals surface area contributed by atoms with Gasteiger partial charge in [0.1, 0.15) is 12.0 Å². The van der Waals surface area contributed by atoms with E-state index in [0.717, 1.165) is 23.4 Å². The van der Waals surface area contributed by atoms with E-state index in [0.29, 0.717) is 0 Å². The van der Waals surface area contributed by atoms with E-state index in [-0.39, 0.29) is 6.17 Å². The van der Waals surface area contributed by atoms with Gasteiger partial charge in [0.15, 0.2) is 0 Å². The normalized spacial score (nSPS) is 18.8. The molecule has 0 aliphatic carbocycles. The largest absolute Gasteiger partial charge is 0.303 e. The monoisotopic (exact) mass is 253 g/mol. The standard InChI is InChI=1S/C16H19N3/c1-3-4-5-7-10-13(2)15-17-16(19-18-15)14-11-8-6-9-12-14/h4-12,15,18H,2-3H2,1H3,(H,17,19)/b5-4-,10-7-. The molecule has 0 amide bonds. The Morgan fingerprint density at radius 1 is 1.32 bits per heavy atom. The summed E-state index contributed by atoms with van der Waals surface area (Å²) in [7, 11) is 0. The van der Waals surface area contributed by atoms with Gasteiger partial charge in [0.05, 0.1) is 0 Å². The molecule has 0 saturated heterocycles. The molecule has 3 nitrogen and oxygen atoms in total. The Morgan fingerprint density at radius 3 is 2.84 bits per heavy atom. The highest BCUT2D eigenvalue weighted by Gasteiger charge is 2.17. The number of rotatable bonds is 5. The molecule has 2 rings (SSSR count). The van der Waals surface area contributed by atoms with Crippen LogP contribution in [0.5, 0.6) is 0 Å². The Labute approximate surface area is 114 Å². The SMILES string of the molecule is C=C(/C=C\C=C/CC)C1N=C(c2ccccc2)NN1. The van der Waals surface area contributed by atoms with Gasteiger partial charge in [0.25, 0.3) is 0 Å². The van der Waals surface area contributed by atoms with Crippen LogP contribution in [0.1, 0.15) is 18.9 Å². The first kappa shape index (κ1) is 13.3. The van der Waals surface area contributed by atoms with E-state index in [1.54, 1.807) is 0 Å². The summed E-state index contributed by atoms with van der Waals surface area (Å²) in [6, 6.07) is 10.0. The molecule has 0 bridgehead atoms. The summed E-state index contributed by atoms with van der Waals surface area (Å²) >= 11 is 0. The summed E-state index contributed by atoms with van der Waals surface area (Å²) in [5.74, 6) is 0.851. The van der Waals surface area contributed by atoms with Crippen molar-refractivity contribution in [2.75, 3.05) is 0 Å². The van der Waals surface area contributed by atoms with Crippen molar-refractivity contribution in [3.63, 3.8) is 0 Å². The Bertz CT molecular complexity index is 512. The second-order valence-electron chi connectivity index (χ2n) is 4.29. The topological polar surface area (TPSA) is 36.4 Å². The first-order chi connectivity index (χ1) is 9.31. The van der Waals surface area contributed by atoms with Gasteiger partial charge >= 0.3 is 0 Å². The van der Waals surface area contributed by atoms with Crippen LogP contribution in [0.4, 0.5) is 0 Å². The van der Waals surface area contributed by atoms with Crippen molar-refractivity contribution in [2.45, 2.75) is 19.5 Å². The molecule has 1 aliphatic rings. The molecule has 98 valence electrons. The minimum absolute atomic E-state index is 0.110. The van der Waals surface area contributed by atoms with Crippen molar-refractivity contribution in [3.05, 3.63) is 72.4 Å². The molecule has 0 radical (unpaired) electrons. The summed E-state index contributed by atoms with van der Waals surface area (Å²) in [6.45, 7) is 6.14. The fourth-order valence-electron chi connectivity index (χ4n) is 1.73. The van der Waals surface area contributed by atoms with Gasteiger partial charge in [-0.25, -0.2) is 10.4 Å². The molecule has 1 unspecified atom stereocenters. The van der Waals surface area contributed by atoms with Crippen molar-refractivity contribution in [1.29, 1.82) is 0 Å². The summed E-state index contributed by atoms with van der Waals surface area (Å²) in [4.78, 5) is 4.58. The Hall–Kier alpha value is -2.13. The number of nitrogens with one attached hydrogen (secondary N) is 2. The molecule has 3 heteroatoms. The molecular formula is C16H19N3. The molecule has 1 atom stereocenters. The summed E-state index contributed by atoms with van der Waals surface area (Å²) in [5.41, 5.74) is 8.21. The molecule has 0 saturated carbocycles. The number of benzene rings is 1. The molecule has 2 N–H and O–H groups in total. The van der Waals surface area contributed by atoms with Gasteiger partial charge in [-0.05, 0) is 12.0 Å². The van der Waals surface area contributed by atoms with Gasteiger partial charge in [-0.1, -0.05) is 68.1 Å². The molecule has 0 spiro atoms. The second kappa shape index (κ2) is 6.71. The van der Waals surface area contributed by atoms with Crippen molar-refractivity contribution in [2.24, 2.45) is 4.99 Å². The van der Waals surface area contributed by atoms with E-state index in [1.807, 2.05) is 48.6 Å². The van der Waals surface area contributed by atoms with Crippen LogP contribution in [0.25, 0.3) is 0 Å². The van der Waals surface area contributed by atoms with Gasteiger partial charge in [-0.3, -0.25) is 0 Å². The summed E-state index contributed by atoms with van der Waals surface area (Å²) in [6.07, 6.45) is 9.02. The van der Waals surface area contributed by atoms with Crippen LogP contribution in [-0.4, -0.2) is 12.0 Å². The van der Waals surface area contributed by atoms with Crippen LogP contribution >= 0.6 is 0 Å². The highest BCUT2D eigenvalue weighted by Crippen LogP contribution is 2.10. The summed E-state index contributed by atoms with van der Waals surface area (Å²) < 4.78 is 0. The van der Waals surface area contributed by atoms with Crippen LogP contribution < -0.4 is 10.9 Å². The Morgan fingerprint density at radius 2 is 2.11 bits per heavy atom. The van der Waals surface area contributed by atoms with Crippen LogP contribution in [0, 0.1) is 0 Å². The third kappa shape index (κ3) is 3.66. The predicted molar refractivity (Wildman–Crippen MR) is 80.7 cm³/mol. The molecule has 0 fully saturated rings. The lowest BCUT2D eigenvalue weighted by Gasteiger charge is -2.05. The zero-order valence-corrected chi connectivity index (χ0v) is 11.1. The van der Waals surface area contributed by atoms with Gasteiger partial charge in [-0.15, -0.1) is 0 Å². The van der Waals surface area contributed by atoms with Crippen LogP contribution in [0.15, 0.2) is 71.8 Å². The van der Waals surface area contributed by atoms with Crippen molar-refractivity contribution in [3.8, 4) is 0 Å². The number of aliphatic imine (C=N–C) groups is 1. The number of allylic oxidation sites excluding steroid dienone is 3. The Balaban J connectivity index is 2.01. The third-order valence-corrected chi connectivity index (χ3v) is 2.78. The quantitative estimate of drug-likeness (QED) is 0.792. The fourth-order valence-corrected chi connectivity index (χ4v) is 1.73. The molecule has 1 aliphatic heterocycles. The van der Waals surface area contributed by atoms with E-state index >= 15 is 0 Å². The van der Waals surface area contributed by atoms with Crippen LogP contribution in [-0.2, 0) is 0 Å². The first-order valence-corrected chi connectivity index (χ1v) is 6.48. The molecule has 19 heavy (non-hydrogen) atoms. The lowest BCUT2D eigenvalue weighted by molar-refractivity contribution is 0.619. The molecule has 1 aromatic rings. The summed E-state index contributed by atoms with van der Waals surface area (Å²) in [5, 5.41) is 0. The van der Waals surface area contributed by atoms with Gasteiger partial charge in [0.2, 0.25) is 0 Å². The molecular weight excluding hydrogens is 234 g/mol. The second-order valence-corrected chi connectivity index (χ2v) is 4.29. The lowest BCUT2D eigenvalue weighted by Crippen LogP contribution is -2.35. The lowest BCUT2D eigenvalue weighted by atomic mass is 10.2. The Kier molecular flexibility index (Phi) is 4.70. The number of amidine groups is 1. The maximum absolute atomic E-state index is 4.58. The average Bonchev–Trinajstić information content (AvgIpc) is 2.94. The van der Waals surface area contributed by atoms with Gasteiger partial charge < -0.3 is 5.43 Å². The average molecular weight is 253 g/mol. The molecule has 1 aromatic carbocycles. The van der Waals surface area contributed by atoms with Crippen molar-refractivity contribution in [1.82, 2.24) is 10.9 Å². The highest BCUT2D eigenvalue weighted by molar-refractivity contribution is 5.99. The van der Waals surface area contributed by atoms with Crippen LogP contribution in [0.2, 0.25) is 0 Å². The number of hydrogen-bond acceptors (Lipinski definition) is 3. The van der Waals surface area contributed by atoms with E-state index < -0.39 is 0 Å². The minimum atomic E-state index is -0.110. The number of hydrogen-bond donors (Lipinski definition) is 2. The zero-order valence-electron chi connectivity index (χ0n) is 11.1. The number of nitrogens with zero attached hydrogens (tertiary/aromatic N) is 1. The van der Waals surface area contributed by atoms with Crippen molar-refractivity contribution >= 4 is 5.84 Å². The third-order valence-electron chi connectivity index (χ3n) is 2.78.